The van der Waals surface area contributed by atoms with Crippen LogP contribution in [0.5, 0.6) is 0 Å². The van der Waals surface area contributed by atoms with E-state index in [1.165, 1.54) is 24.3 Å². The van der Waals surface area contributed by atoms with Crippen molar-refractivity contribution in [3.05, 3.63) is 52.8 Å². The number of aryl methyl sites for hydroxylation is 1. The van der Waals surface area contributed by atoms with Crippen LogP contribution in [0.1, 0.15) is 5.56 Å². The molecule has 2 aromatic rings. The second kappa shape index (κ2) is 5.30. The van der Waals surface area contributed by atoms with E-state index in [0.717, 1.165) is 6.07 Å². The van der Waals surface area contributed by atoms with Gasteiger partial charge in [0.25, 0.3) is 10.0 Å². The molecule has 0 radical (unpaired) electrons. The molecular weight excluding hydrogens is 303 g/mol. The average Bonchev–Trinajstić information content (AvgIpc) is 2.33. The van der Waals surface area contributed by atoms with E-state index in [2.05, 4.69) is 4.72 Å². The van der Waals surface area contributed by atoms with Gasteiger partial charge in [0.2, 0.25) is 0 Å². The van der Waals surface area contributed by atoms with Gasteiger partial charge in [0.1, 0.15) is 10.7 Å². The van der Waals surface area contributed by atoms with Gasteiger partial charge in [-0.05, 0) is 36.8 Å². The van der Waals surface area contributed by atoms with Crippen molar-refractivity contribution in [3.8, 4) is 0 Å². The van der Waals surface area contributed by atoms with E-state index in [1.54, 1.807) is 13.0 Å². The van der Waals surface area contributed by atoms with Crippen LogP contribution in [0, 0.1) is 12.7 Å². The Labute approximate surface area is 121 Å². The first-order chi connectivity index (χ1) is 9.31. The van der Waals surface area contributed by atoms with Gasteiger partial charge < -0.3 is 5.73 Å². The Morgan fingerprint density at radius 2 is 1.95 bits per heavy atom. The highest BCUT2D eigenvalue weighted by atomic mass is 35.5. The summed E-state index contributed by atoms with van der Waals surface area (Å²) in [6.07, 6.45) is 0. The lowest BCUT2D eigenvalue weighted by Gasteiger charge is -2.13. The number of benzene rings is 2. The highest BCUT2D eigenvalue weighted by Gasteiger charge is 2.21. The zero-order valence-electron chi connectivity index (χ0n) is 10.5. The van der Waals surface area contributed by atoms with Crippen LogP contribution in [0.2, 0.25) is 5.02 Å². The molecule has 0 saturated carbocycles. The second-order valence-electron chi connectivity index (χ2n) is 4.22. The Kier molecular flexibility index (Phi) is 3.87. The van der Waals surface area contributed by atoms with Crippen LogP contribution in [0.4, 0.5) is 15.8 Å². The number of nitrogens with two attached hydrogens (primary N) is 1. The Balaban J connectivity index is 2.49. The van der Waals surface area contributed by atoms with E-state index in [1.807, 2.05) is 0 Å². The lowest BCUT2D eigenvalue weighted by Crippen LogP contribution is -2.16. The van der Waals surface area contributed by atoms with Crippen LogP contribution in [0.25, 0.3) is 0 Å². The van der Waals surface area contributed by atoms with Gasteiger partial charge in [0.15, 0.2) is 0 Å². The number of hydrogen-bond donors (Lipinski definition) is 2. The second-order valence-corrected chi connectivity index (χ2v) is 6.25. The molecule has 20 heavy (non-hydrogen) atoms. The normalized spacial score (nSPS) is 11.3. The molecule has 2 aromatic carbocycles. The van der Waals surface area contributed by atoms with Crippen LogP contribution < -0.4 is 10.5 Å². The predicted molar refractivity (Wildman–Crippen MR) is 77.8 cm³/mol. The number of sulfonamides is 1. The van der Waals surface area contributed by atoms with Crippen LogP contribution in [0.3, 0.4) is 0 Å². The fraction of sp³-hybridized carbons (Fsp3) is 0.0769. The molecule has 0 aliphatic carbocycles. The molecule has 0 aliphatic rings. The van der Waals surface area contributed by atoms with Crippen LogP contribution in [0.15, 0.2) is 41.3 Å². The molecule has 0 atom stereocenters. The minimum Gasteiger partial charge on any atom is -0.398 e. The highest BCUT2D eigenvalue weighted by Crippen LogP contribution is 2.29. The van der Waals surface area contributed by atoms with Crippen LogP contribution in [-0.4, -0.2) is 8.42 Å². The summed E-state index contributed by atoms with van der Waals surface area (Å²) >= 11 is 5.88. The summed E-state index contributed by atoms with van der Waals surface area (Å²) in [6.45, 7) is 1.66. The number of nitrogen functional groups attached to an aromatic ring is 1. The molecular formula is C13H12ClFN2O2S. The lowest BCUT2D eigenvalue weighted by molar-refractivity contribution is 0.601. The molecule has 0 spiro atoms. The Morgan fingerprint density at radius 3 is 2.60 bits per heavy atom. The van der Waals surface area contributed by atoms with E-state index in [-0.39, 0.29) is 21.3 Å². The maximum Gasteiger partial charge on any atom is 0.265 e. The molecule has 4 nitrogen and oxygen atoms in total. The van der Waals surface area contributed by atoms with E-state index >= 15 is 0 Å². The third-order valence-corrected chi connectivity index (χ3v) is 4.62. The molecule has 0 fully saturated rings. The van der Waals surface area contributed by atoms with E-state index in [9.17, 15) is 12.8 Å². The predicted octanol–water partition coefficient (Wildman–Crippen LogP) is 3.17. The van der Waals surface area contributed by atoms with E-state index in [4.69, 9.17) is 17.3 Å². The van der Waals surface area contributed by atoms with Crippen LogP contribution in [-0.2, 0) is 10.0 Å². The number of anilines is 2. The first kappa shape index (κ1) is 14.6. The molecule has 0 bridgehead atoms. The van der Waals surface area contributed by atoms with Gasteiger partial charge in [0, 0.05) is 0 Å². The third kappa shape index (κ3) is 2.86. The number of halogens is 2. The summed E-state index contributed by atoms with van der Waals surface area (Å²) in [5.74, 6) is -0.541. The van der Waals surface area contributed by atoms with Crippen molar-refractivity contribution < 1.29 is 12.8 Å². The van der Waals surface area contributed by atoms with E-state index in [0.29, 0.717) is 5.56 Å². The molecule has 0 aromatic heterocycles. The molecule has 2 rings (SSSR count). The largest absolute Gasteiger partial charge is 0.398 e. The zero-order valence-corrected chi connectivity index (χ0v) is 12.1. The van der Waals surface area contributed by atoms with Crippen molar-refractivity contribution in [1.82, 2.24) is 0 Å². The van der Waals surface area contributed by atoms with Gasteiger partial charge in [-0.2, -0.15) is 0 Å². The Hall–Kier alpha value is -1.79. The lowest BCUT2D eigenvalue weighted by atomic mass is 10.2. The van der Waals surface area contributed by atoms with E-state index < -0.39 is 15.8 Å². The fourth-order valence-electron chi connectivity index (χ4n) is 1.71. The highest BCUT2D eigenvalue weighted by molar-refractivity contribution is 7.93. The molecule has 3 N–H and O–H groups in total. The summed E-state index contributed by atoms with van der Waals surface area (Å²) < 4.78 is 40.1. The van der Waals surface area contributed by atoms with Crippen molar-refractivity contribution >= 4 is 33.0 Å². The zero-order chi connectivity index (χ0) is 14.9. The summed E-state index contributed by atoms with van der Waals surface area (Å²) in [4.78, 5) is -0.217. The average molecular weight is 315 g/mol. The quantitative estimate of drug-likeness (QED) is 0.855. The van der Waals surface area contributed by atoms with Crippen molar-refractivity contribution in [2.75, 3.05) is 10.5 Å². The molecule has 0 unspecified atom stereocenters. The van der Waals surface area contributed by atoms with Crippen LogP contribution >= 0.6 is 11.6 Å². The molecule has 0 amide bonds. The minimum atomic E-state index is -3.99. The first-order valence-corrected chi connectivity index (χ1v) is 7.50. The van der Waals surface area contributed by atoms with Gasteiger partial charge in [-0.25, -0.2) is 12.8 Å². The fourth-order valence-corrected chi connectivity index (χ4v) is 3.51. The summed E-state index contributed by atoms with van der Waals surface area (Å²) in [5, 5.41) is 0.00607. The smallest absolute Gasteiger partial charge is 0.265 e. The van der Waals surface area contributed by atoms with Crippen molar-refractivity contribution in [2.45, 2.75) is 11.8 Å². The number of nitrogens with one attached hydrogen (secondary N) is 1. The summed E-state index contributed by atoms with van der Waals surface area (Å²) in [5.41, 5.74) is 6.41. The third-order valence-electron chi connectivity index (χ3n) is 2.71. The molecule has 106 valence electrons. The number of rotatable bonds is 3. The summed E-state index contributed by atoms with van der Waals surface area (Å²) in [6, 6.07) is 8.22. The monoisotopic (exact) mass is 314 g/mol. The molecule has 0 heterocycles. The van der Waals surface area contributed by atoms with Gasteiger partial charge in [-0.1, -0.05) is 23.7 Å². The van der Waals surface area contributed by atoms with Gasteiger partial charge >= 0.3 is 0 Å². The van der Waals surface area contributed by atoms with Crippen molar-refractivity contribution in [3.63, 3.8) is 0 Å². The van der Waals surface area contributed by atoms with Crippen molar-refractivity contribution in [2.24, 2.45) is 0 Å². The SMILES string of the molecule is Cc1ccc(F)cc1NS(=O)(=O)c1c(N)cccc1Cl. The standard InChI is InChI=1S/C13H12ClFN2O2S/c1-8-5-6-9(15)7-12(8)17-20(18,19)13-10(14)3-2-4-11(13)16/h2-7,17H,16H2,1H3. The minimum absolute atomic E-state index is 0.00607. The maximum atomic E-state index is 13.2. The Morgan fingerprint density at radius 1 is 1.25 bits per heavy atom. The van der Waals surface area contributed by atoms with Crippen molar-refractivity contribution in [1.29, 1.82) is 0 Å². The maximum absolute atomic E-state index is 13.2. The van der Waals surface area contributed by atoms with Gasteiger partial charge in [0.05, 0.1) is 16.4 Å². The van der Waals surface area contributed by atoms with Gasteiger partial charge in [-0.15, -0.1) is 0 Å². The summed E-state index contributed by atoms with van der Waals surface area (Å²) in [7, 11) is -3.99. The molecule has 0 aliphatic heterocycles. The first-order valence-electron chi connectivity index (χ1n) is 5.64. The van der Waals surface area contributed by atoms with Gasteiger partial charge in [-0.3, -0.25) is 4.72 Å². The molecule has 7 heteroatoms. The Bertz CT molecular complexity index is 743. The molecule has 0 saturated heterocycles. The number of hydrogen-bond acceptors (Lipinski definition) is 3. The topological polar surface area (TPSA) is 72.2 Å².